The summed E-state index contributed by atoms with van der Waals surface area (Å²) in [5.74, 6) is 0.798. The minimum Gasteiger partial charge on any atom is -0.302 e. The Morgan fingerprint density at radius 1 is 1.64 bits per heavy atom. The van der Waals surface area contributed by atoms with E-state index in [0.717, 1.165) is 11.3 Å². The number of nitrogens with zero attached hydrogens (tertiary/aromatic N) is 3. The third-order valence-corrected chi connectivity index (χ3v) is 2.21. The Hall–Kier alpha value is -1.64. The molecule has 0 amide bonds. The number of rotatable bonds is 1. The number of isocyanates is 1. The molecule has 0 saturated carbocycles. The number of imidazole rings is 1. The smallest absolute Gasteiger partial charge is 0.240 e. The minimum atomic E-state index is 0.408. The third-order valence-electron chi connectivity index (χ3n) is 1.93. The SMILES string of the molecule is Cc1nc(Cl)c2cc(N=C=O)ccn12. The summed E-state index contributed by atoms with van der Waals surface area (Å²) in [7, 11) is 0. The molecule has 0 fully saturated rings. The predicted molar refractivity (Wildman–Crippen MR) is 52.7 cm³/mol. The van der Waals surface area contributed by atoms with Gasteiger partial charge >= 0.3 is 0 Å². The molecule has 0 atom stereocenters. The van der Waals surface area contributed by atoms with Gasteiger partial charge in [-0.2, -0.15) is 4.99 Å². The number of halogens is 1. The summed E-state index contributed by atoms with van der Waals surface area (Å²) >= 11 is 5.88. The van der Waals surface area contributed by atoms with Gasteiger partial charge in [0.25, 0.3) is 0 Å². The molecule has 0 aliphatic heterocycles. The van der Waals surface area contributed by atoms with E-state index in [4.69, 9.17) is 11.6 Å². The van der Waals surface area contributed by atoms with Crippen molar-refractivity contribution in [3.05, 3.63) is 29.3 Å². The number of pyridine rings is 1. The van der Waals surface area contributed by atoms with Crippen molar-refractivity contribution >= 4 is 28.9 Å². The zero-order chi connectivity index (χ0) is 10.1. The van der Waals surface area contributed by atoms with Crippen LogP contribution in [-0.2, 0) is 4.79 Å². The quantitative estimate of drug-likeness (QED) is 0.532. The van der Waals surface area contributed by atoms with Crippen LogP contribution in [0.4, 0.5) is 5.69 Å². The maximum absolute atomic E-state index is 10.1. The van der Waals surface area contributed by atoms with Gasteiger partial charge in [0, 0.05) is 6.20 Å². The summed E-state index contributed by atoms with van der Waals surface area (Å²) in [6.45, 7) is 1.85. The first-order chi connectivity index (χ1) is 6.72. The van der Waals surface area contributed by atoms with Crippen LogP contribution < -0.4 is 0 Å². The van der Waals surface area contributed by atoms with Crippen molar-refractivity contribution in [3.8, 4) is 0 Å². The molecule has 0 bridgehead atoms. The number of hydrogen-bond donors (Lipinski definition) is 0. The molecule has 0 N–H and O–H groups in total. The second kappa shape index (κ2) is 3.25. The van der Waals surface area contributed by atoms with E-state index in [9.17, 15) is 4.79 Å². The second-order valence-corrected chi connectivity index (χ2v) is 3.15. The minimum absolute atomic E-state index is 0.408. The molecule has 4 nitrogen and oxygen atoms in total. The molecule has 2 aromatic heterocycles. The molecule has 0 saturated heterocycles. The summed E-state index contributed by atoms with van der Waals surface area (Å²) in [5, 5.41) is 0.408. The maximum atomic E-state index is 10.1. The monoisotopic (exact) mass is 207 g/mol. The van der Waals surface area contributed by atoms with Crippen LogP contribution in [0, 0.1) is 6.92 Å². The van der Waals surface area contributed by atoms with Crippen LogP contribution in [0.2, 0.25) is 5.15 Å². The largest absolute Gasteiger partial charge is 0.302 e. The van der Waals surface area contributed by atoms with Gasteiger partial charge in [-0.05, 0) is 19.1 Å². The number of aromatic nitrogens is 2. The summed E-state index contributed by atoms with van der Waals surface area (Å²) in [4.78, 5) is 17.6. The lowest BCUT2D eigenvalue weighted by Gasteiger charge is -1.96. The highest BCUT2D eigenvalue weighted by atomic mass is 35.5. The van der Waals surface area contributed by atoms with Crippen LogP contribution in [0.3, 0.4) is 0 Å². The van der Waals surface area contributed by atoms with Crippen molar-refractivity contribution in [1.29, 1.82) is 0 Å². The lowest BCUT2D eigenvalue weighted by atomic mass is 10.3. The van der Waals surface area contributed by atoms with Crippen LogP contribution in [0.15, 0.2) is 23.3 Å². The molecule has 0 radical (unpaired) electrons. The van der Waals surface area contributed by atoms with Gasteiger partial charge in [-0.15, -0.1) is 0 Å². The van der Waals surface area contributed by atoms with Gasteiger partial charge in [-0.1, -0.05) is 11.6 Å². The Morgan fingerprint density at radius 3 is 3.14 bits per heavy atom. The van der Waals surface area contributed by atoms with Gasteiger partial charge in [0.2, 0.25) is 6.08 Å². The van der Waals surface area contributed by atoms with E-state index in [1.54, 1.807) is 18.3 Å². The van der Waals surface area contributed by atoms with Crippen molar-refractivity contribution in [2.45, 2.75) is 6.92 Å². The summed E-state index contributed by atoms with van der Waals surface area (Å²) in [6.07, 6.45) is 3.24. The predicted octanol–water partition coefficient (Wildman–Crippen LogP) is 2.26. The fraction of sp³-hybridized carbons (Fsp3) is 0.111. The number of fused-ring (bicyclic) bond motifs is 1. The first-order valence-corrected chi connectivity index (χ1v) is 4.32. The molecule has 0 aliphatic carbocycles. The molecule has 2 rings (SSSR count). The van der Waals surface area contributed by atoms with Gasteiger partial charge in [0.15, 0.2) is 5.15 Å². The highest BCUT2D eigenvalue weighted by molar-refractivity contribution is 6.32. The van der Waals surface area contributed by atoms with Gasteiger partial charge in [0.1, 0.15) is 5.82 Å². The fourth-order valence-corrected chi connectivity index (χ4v) is 1.57. The van der Waals surface area contributed by atoms with Crippen molar-refractivity contribution in [3.63, 3.8) is 0 Å². The van der Waals surface area contributed by atoms with Gasteiger partial charge < -0.3 is 4.40 Å². The fourth-order valence-electron chi connectivity index (χ4n) is 1.31. The number of hydrogen-bond acceptors (Lipinski definition) is 3. The maximum Gasteiger partial charge on any atom is 0.240 e. The van der Waals surface area contributed by atoms with Gasteiger partial charge in [0.05, 0.1) is 11.2 Å². The molecule has 0 aromatic carbocycles. The molecule has 14 heavy (non-hydrogen) atoms. The molecule has 0 spiro atoms. The zero-order valence-electron chi connectivity index (χ0n) is 7.36. The molecule has 70 valence electrons. The number of carbonyl (C=O) groups excluding carboxylic acids is 1. The highest BCUT2D eigenvalue weighted by Crippen LogP contribution is 2.22. The first kappa shape index (κ1) is 8.94. The van der Waals surface area contributed by atoms with E-state index in [1.165, 1.54) is 6.08 Å². The molecule has 2 heterocycles. The van der Waals surface area contributed by atoms with E-state index >= 15 is 0 Å². The average molecular weight is 208 g/mol. The lowest BCUT2D eigenvalue weighted by Crippen LogP contribution is -1.85. The lowest BCUT2D eigenvalue weighted by molar-refractivity contribution is 0.565. The van der Waals surface area contributed by atoms with Crippen molar-refractivity contribution in [2.75, 3.05) is 0 Å². The second-order valence-electron chi connectivity index (χ2n) is 2.79. The van der Waals surface area contributed by atoms with Crippen LogP contribution in [0.25, 0.3) is 5.52 Å². The van der Waals surface area contributed by atoms with E-state index < -0.39 is 0 Å². The molecular formula is C9H6ClN3O. The first-order valence-electron chi connectivity index (χ1n) is 3.94. The molecule has 2 aromatic rings. The average Bonchev–Trinajstić information content (AvgIpc) is 2.43. The van der Waals surface area contributed by atoms with E-state index in [1.807, 2.05) is 11.3 Å². The standard InChI is InChI=1S/C9H6ClN3O/c1-6-12-9(10)8-4-7(11-5-14)2-3-13(6)8/h2-4H,1H3. The summed E-state index contributed by atoms with van der Waals surface area (Å²) in [6, 6.07) is 3.39. The Morgan fingerprint density at radius 2 is 2.43 bits per heavy atom. The summed E-state index contributed by atoms with van der Waals surface area (Å²) in [5.41, 5.74) is 1.26. The van der Waals surface area contributed by atoms with Crippen molar-refractivity contribution < 1.29 is 4.79 Å². The Labute approximate surface area is 84.9 Å². The highest BCUT2D eigenvalue weighted by Gasteiger charge is 2.05. The molecule has 0 unspecified atom stereocenters. The Balaban J connectivity index is 2.76. The third kappa shape index (κ3) is 1.31. The van der Waals surface area contributed by atoms with Crippen molar-refractivity contribution in [1.82, 2.24) is 9.38 Å². The topological polar surface area (TPSA) is 46.7 Å². The number of aliphatic imine (C=N–C) groups is 1. The summed E-state index contributed by atoms with van der Waals surface area (Å²) < 4.78 is 1.83. The van der Waals surface area contributed by atoms with Crippen LogP contribution in [-0.4, -0.2) is 15.5 Å². The Kier molecular flexibility index (Phi) is 2.08. The van der Waals surface area contributed by atoms with Gasteiger partial charge in [-0.3, -0.25) is 0 Å². The van der Waals surface area contributed by atoms with E-state index in [-0.39, 0.29) is 0 Å². The van der Waals surface area contributed by atoms with Gasteiger partial charge in [-0.25, -0.2) is 9.78 Å². The molecule has 5 heteroatoms. The van der Waals surface area contributed by atoms with E-state index in [0.29, 0.717) is 10.8 Å². The molecular weight excluding hydrogens is 202 g/mol. The van der Waals surface area contributed by atoms with Crippen LogP contribution in [0.5, 0.6) is 0 Å². The van der Waals surface area contributed by atoms with Crippen LogP contribution in [0.1, 0.15) is 5.82 Å². The van der Waals surface area contributed by atoms with Crippen LogP contribution >= 0.6 is 11.6 Å². The Bertz CT molecular complexity index is 540. The van der Waals surface area contributed by atoms with Crippen molar-refractivity contribution in [2.24, 2.45) is 4.99 Å². The van der Waals surface area contributed by atoms with E-state index in [2.05, 4.69) is 9.98 Å². The normalized spacial score (nSPS) is 10.1. The number of aryl methyl sites for hydroxylation is 1. The molecule has 0 aliphatic rings. The zero-order valence-corrected chi connectivity index (χ0v) is 8.12.